The molecule has 3 aromatic carbocycles. The summed E-state index contributed by atoms with van der Waals surface area (Å²) < 4.78 is 7.13. The Morgan fingerprint density at radius 2 is 1.78 bits per heavy atom. The van der Waals surface area contributed by atoms with E-state index in [-0.39, 0.29) is 30.8 Å². The van der Waals surface area contributed by atoms with Gasteiger partial charge in [0, 0.05) is 12.2 Å². The van der Waals surface area contributed by atoms with Crippen LogP contribution in [0.25, 0.3) is 11.0 Å². The number of amides is 2. The normalized spacial score (nSPS) is 13.8. The zero-order valence-electron chi connectivity index (χ0n) is 20.6. The van der Waals surface area contributed by atoms with E-state index in [0.29, 0.717) is 12.4 Å². The molecule has 1 aliphatic rings. The third kappa shape index (κ3) is 4.82. The summed E-state index contributed by atoms with van der Waals surface area (Å²) in [7, 11) is 1.62. The number of ether oxygens (including phenoxy) is 1. The quantitative estimate of drug-likeness (QED) is 0.422. The van der Waals surface area contributed by atoms with Crippen molar-refractivity contribution in [2.75, 3.05) is 18.6 Å². The summed E-state index contributed by atoms with van der Waals surface area (Å²) >= 11 is 0. The number of hydrogen-bond acceptors (Lipinski definition) is 4. The number of aryl methyl sites for hydroxylation is 1. The van der Waals surface area contributed by atoms with Crippen molar-refractivity contribution < 1.29 is 14.3 Å². The number of anilines is 1. The van der Waals surface area contributed by atoms with Crippen molar-refractivity contribution in [1.29, 1.82) is 0 Å². The molecule has 0 spiro atoms. The fraction of sp³-hybridized carbons (Fsp3) is 0.276. The van der Waals surface area contributed by atoms with Gasteiger partial charge in [-0.3, -0.25) is 9.59 Å². The molecule has 0 aliphatic carbocycles. The number of imidazole rings is 1. The predicted molar refractivity (Wildman–Crippen MR) is 140 cm³/mol. The molecule has 1 aromatic heterocycles. The van der Waals surface area contributed by atoms with Crippen LogP contribution < -0.4 is 15.0 Å². The summed E-state index contributed by atoms with van der Waals surface area (Å²) in [4.78, 5) is 33.0. The first-order valence-corrected chi connectivity index (χ1v) is 12.3. The van der Waals surface area contributed by atoms with Gasteiger partial charge in [-0.05, 0) is 61.2 Å². The lowest BCUT2D eigenvalue weighted by molar-refractivity contribution is -0.121. The number of nitrogens with one attached hydrogen (secondary N) is 1. The molecule has 2 heterocycles. The molecule has 0 radical (unpaired) electrons. The zero-order valence-corrected chi connectivity index (χ0v) is 20.6. The van der Waals surface area contributed by atoms with Gasteiger partial charge in [0.25, 0.3) is 0 Å². The highest BCUT2D eigenvalue weighted by molar-refractivity contribution is 5.95. The second-order valence-electron chi connectivity index (χ2n) is 9.14. The summed E-state index contributed by atoms with van der Waals surface area (Å²) in [5, 5.41) is 3.06. The van der Waals surface area contributed by atoms with Gasteiger partial charge in [0.05, 0.1) is 30.6 Å². The van der Waals surface area contributed by atoms with Crippen LogP contribution in [-0.2, 0) is 29.0 Å². The number of aromatic nitrogens is 2. The van der Waals surface area contributed by atoms with Crippen molar-refractivity contribution in [1.82, 2.24) is 14.9 Å². The summed E-state index contributed by atoms with van der Waals surface area (Å²) in [6.45, 7) is 2.76. The molecule has 0 fully saturated rings. The van der Waals surface area contributed by atoms with E-state index in [2.05, 4.69) is 11.4 Å². The molecule has 0 saturated heterocycles. The lowest BCUT2D eigenvalue weighted by atomic mass is 10.0. The minimum absolute atomic E-state index is 0.0170. The maximum absolute atomic E-state index is 13.5. The molecular weight excluding hydrogens is 452 g/mol. The standard InChI is InChI=1S/C29H30N4O3/c1-20(30-27(34)18-21-13-15-23(36-2)16-14-21)29-31-24-10-4-6-12-26(24)33(29)19-28(35)32-17-7-9-22-8-3-5-11-25(22)32/h3-6,8,10-16,20H,7,9,17-19H2,1-2H3,(H,30,34). The number of para-hydroxylation sites is 3. The van der Waals surface area contributed by atoms with Crippen molar-refractivity contribution in [3.05, 3.63) is 89.7 Å². The highest BCUT2D eigenvalue weighted by atomic mass is 16.5. The number of carbonyl (C=O) groups excluding carboxylic acids is 2. The van der Waals surface area contributed by atoms with E-state index >= 15 is 0 Å². The van der Waals surface area contributed by atoms with Gasteiger partial charge in [0.2, 0.25) is 11.8 Å². The Hall–Kier alpha value is -4.13. The molecule has 2 amide bonds. The maximum Gasteiger partial charge on any atom is 0.246 e. The number of methoxy groups -OCH3 is 1. The molecule has 7 nitrogen and oxygen atoms in total. The average Bonchev–Trinajstić information content (AvgIpc) is 3.27. The Morgan fingerprint density at radius 1 is 1.03 bits per heavy atom. The Balaban J connectivity index is 1.37. The molecule has 1 N–H and O–H groups in total. The summed E-state index contributed by atoms with van der Waals surface area (Å²) in [6.07, 6.45) is 2.17. The monoisotopic (exact) mass is 482 g/mol. The van der Waals surface area contributed by atoms with Gasteiger partial charge in [-0.25, -0.2) is 4.98 Å². The molecule has 1 unspecified atom stereocenters. The van der Waals surface area contributed by atoms with Gasteiger partial charge >= 0.3 is 0 Å². The molecular formula is C29H30N4O3. The number of fused-ring (bicyclic) bond motifs is 2. The Morgan fingerprint density at radius 3 is 2.58 bits per heavy atom. The van der Waals surface area contributed by atoms with Gasteiger partial charge in [-0.2, -0.15) is 0 Å². The van der Waals surface area contributed by atoms with Crippen molar-refractivity contribution in [2.24, 2.45) is 0 Å². The van der Waals surface area contributed by atoms with Crippen LogP contribution in [0.15, 0.2) is 72.8 Å². The van der Waals surface area contributed by atoms with Crippen LogP contribution in [-0.4, -0.2) is 35.0 Å². The topological polar surface area (TPSA) is 76.5 Å². The first kappa shape index (κ1) is 23.6. The number of carbonyl (C=O) groups is 2. The second kappa shape index (κ2) is 10.2. The lowest BCUT2D eigenvalue weighted by Gasteiger charge is -2.30. The number of benzene rings is 3. The van der Waals surface area contributed by atoms with E-state index in [1.165, 1.54) is 5.56 Å². The van der Waals surface area contributed by atoms with Crippen LogP contribution in [0.2, 0.25) is 0 Å². The van der Waals surface area contributed by atoms with Crippen LogP contribution in [0.5, 0.6) is 5.75 Å². The van der Waals surface area contributed by atoms with Gasteiger partial charge in [0.15, 0.2) is 0 Å². The fourth-order valence-electron chi connectivity index (χ4n) is 4.89. The zero-order chi connectivity index (χ0) is 25.1. The lowest BCUT2D eigenvalue weighted by Crippen LogP contribution is -2.38. The van der Waals surface area contributed by atoms with Gasteiger partial charge in [-0.1, -0.05) is 42.5 Å². The average molecular weight is 483 g/mol. The molecule has 36 heavy (non-hydrogen) atoms. The molecule has 7 heteroatoms. The third-order valence-electron chi connectivity index (χ3n) is 6.68. The molecule has 4 aromatic rings. The molecule has 184 valence electrons. The molecule has 1 atom stereocenters. The van der Waals surface area contributed by atoms with E-state index in [1.54, 1.807) is 7.11 Å². The Labute approximate surface area is 210 Å². The van der Waals surface area contributed by atoms with Crippen molar-refractivity contribution in [2.45, 2.75) is 38.8 Å². The summed E-state index contributed by atoms with van der Waals surface area (Å²) in [5.41, 5.74) is 4.76. The van der Waals surface area contributed by atoms with E-state index in [1.807, 2.05) is 83.1 Å². The predicted octanol–water partition coefficient (Wildman–Crippen LogP) is 4.44. The minimum atomic E-state index is -0.371. The second-order valence-corrected chi connectivity index (χ2v) is 9.14. The Bertz CT molecular complexity index is 1390. The number of hydrogen-bond donors (Lipinski definition) is 1. The van der Waals surface area contributed by atoms with Gasteiger partial charge < -0.3 is 19.5 Å². The van der Waals surface area contributed by atoms with E-state index in [9.17, 15) is 9.59 Å². The van der Waals surface area contributed by atoms with Crippen LogP contribution in [0, 0.1) is 0 Å². The van der Waals surface area contributed by atoms with Gasteiger partial charge in [0.1, 0.15) is 18.1 Å². The van der Waals surface area contributed by atoms with E-state index in [0.717, 1.165) is 40.9 Å². The first-order chi connectivity index (χ1) is 17.5. The van der Waals surface area contributed by atoms with Crippen molar-refractivity contribution >= 4 is 28.5 Å². The van der Waals surface area contributed by atoms with Crippen molar-refractivity contribution in [3.8, 4) is 5.75 Å². The van der Waals surface area contributed by atoms with Crippen LogP contribution in [0.1, 0.15) is 36.3 Å². The summed E-state index contributed by atoms with van der Waals surface area (Å²) in [6, 6.07) is 23.0. The maximum atomic E-state index is 13.5. The molecule has 0 saturated carbocycles. The molecule has 5 rings (SSSR count). The number of nitrogens with zero attached hydrogens (tertiary/aromatic N) is 3. The van der Waals surface area contributed by atoms with Crippen LogP contribution >= 0.6 is 0 Å². The number of rotatable bonds is 7. The molecule has 1 aliphatic heterocycles. The van der Waals surface area contributed by atoms with Crippen molar-refractivity contribution in [3.63, 3.8) is 0 Å². The third-order valence-corrected chi connectivity index (χ3v) is 6.68. The van der Waals surface area contributed by atoms with Crippen LogP contribution in [0.3, 0.4) is 0 Å². The molecule has 0 bridgehead atoms. The SMILES string of the molecule is COc1ccc(CC(=O)NC(C)c2nc3ccccc3n2CC(=O)N2CCCc3ccccc32)cc1. The first-order valence-electron chi connectivity index (χ1n) is 12.3. The Kier molecular flexibility index (Phi) is 6.71. The van der Waals surface area contributed by atoms with Crippen LogP contribution in [0.4, 0.5) is 5.69 Å². The van der Waals surface area contributed by atoms with E-state index in [4.69, 9.17) is 9.72 Å². The van der Waals surface area contributed by atoms with Gasteiger partial charge in [-0.15, -0.1) is 0 Å². The highest BCUT2D eigenvalue weighted by Gasteiger charge is 2.25. The largest absolute Gasteiger partial charge is 0.497 e. The smallest absolute Gasteiger partial charge is 0.246 e. The van der Waals surface area contributed by atoms with E-state index < -0.39 is 0 Å². The highest BCUT2D eigenvalue weighted by Crippen LogP contribution is 2.28. The minimum Gasteiger partial charge on any atom is -0.497 e. The fourth-order valence-corrected chi connectivity index (χ4v) is 4.89. The summed E-state index contributed by atoms with van der Waals surface area (Å²) in [5.74, 6) is 1.33.